The number of carbonyl (C=O) groups is 1. The van der Waals surface area contributed by atoms with Crippen LogP contribution in [-0.2, 0) is 23.4 Å². The zero-order valence-corrected chi connectivity index (χ0v) is 21.8. The van der Waals surface area contributed by atoms with E-state index >= 15 is 0 Å². The Bertz CT molecular complexity index is 1490. The Morgan fingerprint density at radius 2 is 1.92 bits per heavy atom. The Kier molecular flexibility index (Phi) is 8.21. The highest BCUT2D eigenvalue weighted by Gasteiger charge is 2.22. The van der Waals surface area contributed by atoms with Gasteiger partial charge in [0.25, 0.3) is 5.91 Å². The second-order valence-corrected chi connectivity index (χ2v) is 10.1. The molecular weight excluding hydrogens is 516 g/mol. The first-order chi connectivity index (χ1) is 19.0. The number of ether oxygens (including phenoxy) is 1. The van der Waals surface area contributed by atoms with Gasteiger partial charge in [0.1, 0.15) is 5.75 Å². The minimum Gasteiger partial charge on any atom is -0.772 e. The molecule has 1 unspecified atom stereocenters. The topological polar surface area (TPSA) is 155 Å². The summed E-state index contributed by atoms with van der Waals surface area (Å²) in [5, 5.41) is 6.07. The number of hydrogen-bond acceptors (Lipinski definition) is 9. The van der Waals surface area contributed by atoms with Crippen LogP contribution in [0.15, 0.2) is 73.2 Å². The SMILES string of the molecule is NCc1ccc(NC(=O)c2ccc(CS(=O)[O-])cc2)cc1Nc1nccc(-c2cncc(OCC3CC3)c2)n1. The molecule has 1 fully saturated rings. The van der Waals surface area contributed by atoms with E-state index in [1.54, 1.807) is 61.1 Å². The zero-order chi connectivity index (χ0) is 27.2. The molecule has 0 radical (unpaired) electrons. The van der Waals surface area contributed by atoms with Gasteiger partial charge in [0.15, 0.2) is 0 Å². The lowest BCUT2D eigenvalue weighted by Gasteiger charge is -2.14. The molecule has 0 bridgehead atoms. The maximum atomic E-state index is 12.8. The third-order valence-corrected chi connectivity index (χ3v) is 6.75. The molecule has 2 aromatic heterocycles. The predicted octanol–water partition coefficient (Wildman–Crippen LogP) is 4.16. The van der Waals surface area contributed by atoms with Crippen LogP contribution in [0.4, 0.5) is 17.3 Å². The fourth-order valence-corrected chi connectivity index (χ4v) is 4.34. The summed E-state index contributed by atoms with van der Waals surface area (Å²) in [5.41, 5.74) is 10.5. The standard InChI is InChI=1S/C28H28N6O4S/c29-13-21-7-8-23(32-27(35)20-5-3-19(4-6-20)17-39(36)37)12-26(21)34-28-31-10-9-25(33-28)22-11-24(15-30-14-22)38-16-18-1-2-18/h3-12,14-15,18H,1-2,13,16-17,29H2,(H,32,35)(H,36,37)(H,31,33,34)/p-1. The lowest BCUT2D eigenvalue weighted by Crippen LogP contribution is -2.13. The fourth-order valence-electron chi connectivity index (χ4n) is 3.88. The van der Waals surface area contributed by atoms with Crippen molar-refractivity contribution in [3.05, 3.63) is 89.9 Å². The van der Waals surface area contributed by atoms with Gasteiger partial charge >= 0.3 is 0 Å². The van der Waals surface area contributed by atoms with E-state index in [9.17, 15) is 13.6 Å². The average Bonchev–Trinajstić information content (AvgIpc) is 3.77. The molecule has 11 heteroatoms. The van der Waals surface area contributed by atoms with Gasteiger partial charge in [-0.15, -0.1) is 0 Å². The van der Waals surface area contributed by atoms with E-state index in [1.165, 1.54) is 12.8 Å². The normalized spacial score (nSPS) is 13.5. The fraction of sp³-hybridized carbons (Fsp3) is 0.214. The Balaban J connectivity index is 1.30. The number of nitrogens with two attached hydrogens (primary N) is 1. The molecule has 1 aliphatic carbocycles. The number of nitrogens with one attached hydrogen (secondary N) is 2. The molecule has 200 valence electrons. The highest BCUT2D eigenvalue weighted by molar-refractivity contribution is 7.78. The van der Waals surface area contributed by atoms with Crippen LogP contribution in [0.5, 0.6) is 5.75 Å². The summed E-state index contributed by atoms with van der Waals surface area (Å²) in [6.45, 7) is 0.967. The van der Waals surface area contributed by atoms with Crippen molar-refractivity contribution in [3.63, 3.8) is 0 Å². The van der Waals surface area contributed by atoms with Crippen molar-refractivity contribution in [1.29, 1.82) is 0 Å². The zero-order valence-electron chi connectivity index (χ0n) is 21.0. The summed E-state index contributed by atoms with van der Waals surface area (Å²) < 4.78 is 27.6. The lowest BCUT2D eigenvalue weighted by molar-refractivity contribution is 0.102. The van der Waals surface area contributed by atoms with Crippen molar-refractivity contribution < 1.29 is 18.3 Å². The van der Waals surface area contributed by atoms with Gasteiger partial charge in [0.2, 0.25) is 5.95 Å². The minimum absolute atomic E-state index is 0.100. The predicted molar refractivity (Wildman–Crippen MR) is 148 cm³/mol. The number of amides is 1. The number of hydrogen-bond donors (Lipinski definition) is 3. The summed E-state index contributed by atoms with van der Waals surface area (Å²) in [4.78, 5) is 26.0. The molecule has 0 spiro atoms. The quantitative estimate of drug-likeness (QED) is 0.236. The monoisotopic (exact) mass is 543 g/mol. The molecule has 1 amide bonds. The largest absolute Gasteiger partial charge is 0.772 e. The van der Waals surface area contributed by atoms with Crippen molar-refractivity contribution in [3.8, 4) is 17.0 Å². The molecule has 39 heavy (non-hydrogen) atoms. The molecule has 5 rings (SSSR count). The summed E-state index contributed by atoms with van der Waals surface area (Å²) >= 11 is -2.19. The molecule has 10 nitrogen and oxygen atoms in total. The molecule has 4 N–H and O–H groups in total. The Morgan fingerprint density at radius 1 is 1.10 bits per heavy atom. The first-order valence-electron chi connectivity index (χ1n) is 12.4. The number of carbonyl (C=O) groups excluding carboxylic acids is 1. The van der Waals surface area contributed by atoms with E-state index in [0.717, 1.165) is 11.1 Å². The number of benzene rings is 2. The average molecular weight is 544 g/mol. The van der Waals surface area contributed by atoms with E-state index in [1.807, 2.05) is 12.1 Å². The van der Waals surface area contributed by atoms with Gasteiger partial charge in [-0.3, -0.25) is 14.0 Å². The van der Waals surface area contributed by atoms with Crippen LogP contribution in [0.3, 0.4) is 0 Å². The smallest absolute Gasteiger partial charge is 0.255 e. The van der Waals surface area contributed by atoms with Gasteiger partial charge in [0.05, 0.1) is 18.5 Å². The van der Waals surface area contributed by atoms with Crippen molar-refractivity contribution in [1.82, 2.24) is 15.0 Å². The number of aromatic nitrogens is 3. The molecule has 1 aliphatic rings. The minimum atomic E-state index is -2.19. The molecule has 2 heterocycles. The second kappa shape index (κ2) is 12.1. The summed E-state index contributed by atoms with van der Waals surface area (Å²) in [5.74, 6) is 1.28. The van der Waals surface area contributed by atoms with E-state index in [2.05, 4.69) is 25.6 Å². The van der Waals surface area contributed by atoms with E-state index in [4.69, 9.17) is 10.5 Å². The Hall–Kier alpha value is -4.19. The van der Waals surface area contributed by atoms with E-state index in [-0.39, 0.29) is 18.2 Å². The van der Waals surface area contributed by atoms with Crippen LogP contribution >= 0.6 is 0 Å². The van der Waals surface area contributed by atoms with Crippen LogP contribution < -0.4 is 21.1 Å². The number of anilines is 3. The van der Waals surface area contributed by atoms with Gasteiger partial charge in [0, 0.05) is 47.2 Å². The van der Waals surface area contributed by atoms with Gasteiger partial charge in [-0.2, -0.15) is 0 Å². The Morgan fingerprint density at radius 3 is 2.67 bits per heavy atom. The van der Waals surface area contributed by atoms with Crippen molar-refractivity contribution >= 4 is 34.3 Å². The molecule has 1 atom stereocenters. The summed E-state index contributed by atoms with van der Waals surface area (Å²) in [6.07, 6.45) is 7.50. The number of rotatable bonds is 11. The van der Waals surface area contributed by atoms with Gasteiger partial charge in [-0.1, -0.05) is 29.3 Å². The van der Waals surface area contributed by atoms with Crippen LogP contribution in [-0.4, -0.2) is 36.2 Å². The maximum absolute atomic E-state index is 12.8. The van der Waals surface area contributed by atoms with E-state index < -0.39 is 11.1 Å². The highest BCUT2D eigenvalue weighted by atomic mass is 32.2. The Labute approximate surface area is 228 Å². The van der Waals surface area contributed by atoms with Crippen molar-refractivity contribution in [2.24, 2.45) is 11.7 Å². The van der Waals surface area contributed by atoms with Gasteiger partial charge in [-0.25, -0.2) is 9.97 Å². The first kappa shape index (κ1) is 26.4. The van der Waals surface area contributed by atoms with Crippen molar-refractivity contribution in [2.45, 2.75) is 25.1 Å². The van der Waals surface area contributed by atoms with Crippen LogP contribution in [0.25, 0.3) is 11.3 Å². The molecule has 4 aromatic rings. The van der Waals surface area contributed by atoms with Crippen molar-refractivity contribution in [2.75, 3.05) is 17.2 Å². The molecule has 2 aromatic carbocycles. The second-order valence-electron chi connectivity index (χ2n) is 9.23. The van der Waals surface area contributed by atoms with Gasteiger partial charge in [-0.05, 0) is 66.3 Å². The number of pyridine rings is 1. The lowest BCUT2D eigenvalue weighted by atomic mass is 10.1. The van der Waals surface area contributed by atoms with Crippen LogP contribution in [0.1, 0.15) is 34.3 Å². The third-order valence-electron chi connectivity index (χ3n) is 6.18. The summed E-state index contributed by atoms with van der Waals surface area (Å²) in [7, 11) is 0. The molecule has 1 saturated carbocycles. The first-order valence-corrected chi connectivity index (χ1v) is 13.7. The van der Waals surface area contributed by atoms with Crippen LogP contribution in [0.2, 0.25) is 0 Å². The molecular formula is C28H27N6O4S-. The summed E-state index contributed by atoms with van der Waals surface area (Å²) in [6, 6.07) is 15.5. The number of nitrogens with zero attached hydrogens (tertiary/aromatic N) is 3. The highest BCUT2D eigenvalue weighted by Crippen LogP contribution is 2.30. The molecule has 0 aliphatic heterocycles. The maximum Gasteiger partial charge on any atom is 0.255 e. The van der Waals surface area contributed by atoms with E-state index in [0.29, 0.717) is 52.4 Å². The van der Waals surface area contributed by atoms with Gasteiger partial charge < -0.3 is 25.7 Å². The van der Waals surface area contributed by atoms with Crippen LogP contribution in [0, 0.1) is 5.92 Å². The molecule has 0 saturated heterocycles. The third kappa shape index (κ3) is 7.23.